The largest absolute Gasteiger partial charge is 0.467 e. The molecule has 0 spiro atoms. The summed E-state index contributed by atoms with van der Waals surface area (Å²) in [5, 5.41) is 8.89. The second kappa shape index (κ2) is 8.68. The standard InChI is InChI=1S/C19H26ClN3O5/c1-10(21-18(26)28-19(2,3)4)15(17(25)27-5)23-16(24)14-9-11-8-12(20)6-7-13(11)22-14/h6-8,10,14-15,22H,9H2,1-5H3,(H,21,26)(H,23,24)/t10-,14?,15+/m1/s1. The van der Waals surface area contributed by atoms with Crippen molar-refractivity contribution >= 4 is 35.3 Å². The van der Waals surface area contributed by atoms with Crippen LogP contribution in [0.2, 0.25) is 5.02 Å². The van der Waals surface area contributed by atoms with Crippen molar-refractivity contribution in [3.63, 3.8) is 0 Å². The molecule has 0 bridgehead atoms. The Kier molecular flexibility index (Phi) is 6.77. The van der Waals surface area contributed by atoms with Crippen molar-refractivity contribution < 1.29 is 23.9 Å². The van der Waals surface area contributed by atoms with Crippen LogP contribution in [0.4, 0.5) is 10.5 Å². The minimum absolute atomic E-state index is 0.388. The Hall–Kier alpha value is -2.48. The van der Waals surface area contributed by atoms with Gasteiger partial charge in [-0.3, -0.25) is 4.79 Å². The van der Waals surface area contributed by atoms with Gasteiger partial charge in [0.1, 0.15) is 17.7 Å². The molecule has 8 nitrogen and oxygen atoms in total. The van der Waals surface area contributed by atoms with Crippen LogP contribution in [0.25, 0.3) is 0 Å². The molecule has 3 N–H and O–H groups in total. The van der Waals surface area contributed by atoms with E-state index in [0.29, 0.717) is 11.4 Å². The first-order valence-corrected chi connectivity index (χ1v) is 9.30. The lowest BCUT2D eigenvalue weighted by Gasteiger charge is -2.27. The molecule has 2 rings (SSSR count). The van der Waals surface area contributed by atoms with Gasteiger partial charge in [-0.15, -0.1) is 0 Å². The van der Waals surface area contributed by atoms with E-state index in [9.17, 15) is 14.4 Å². The van der Waals surface area contributed by atoms with Gasteiger partial charge in [-0.1, -0.05) is 11.6 Å². The molecule has 2 amide bonds. The van der Waals surface area contributed by atoms with Crippen LogP contribution in [0.15, 0.2) is 18.2 Å². The Morgan fingerprint density at radius 2 is 1.93 bits per heavy atom. The monoisotopic (exact) mass is 411 g/mol. The minimum atomic E-state index is -1.07. The summed E-state index contributed by atoms with van der Waals surface area (Å²) in [6.07, 6.45) is -0.257. The van der Waals surface area contributed by atoms with Gasteiger partial charge in [0, 0.05) is 17.1 Å². The van der Waals surface area contributed by atoms with Crippen molar-refractivity contribution in [2.75, 3.05) is 12.4 Å². The van der Waals surface area contributed by atoms with Gasteiger partial charge in [0.2, 0.25) is 5.91 Å². The first-order valence-electron chi connectivity index (χ1n) is 8.93. The predicted octanol–water partition coefficient (Wildman–Crippen LogP) is 2.25. The van der Waals surface area contributed by atoms with Crippen molar-refractivity contribution in [3.05, 3.63) is 28.8 Å². The molecule has 0 saturated carbocycles. The van der Waals surface area contributed by atoms with Crippen LogP contribution in [0.3, 0.4) is 0 Å². The highest BCUT2D eigenvalue weighted by molar-refractivity contribution is 6.30. The average molecular weight is 412 g/mol. The number of anilines is 1. The Morgan fingerprint density at radius 1 is 1.25 bits per heavy atom. The molecule has 28 heavy (non-hydrogen) atoms. The van der Waals surface area contributed by atoms with Gasteiger partial charge in [0.15, 0.2) is 0 Å². The van der Waals surface area contributed by atoms with E-state index < -0.39 is 35.8 Å². The van der Waals surface area contributed by atoms with Gasteiger partial charge in [0.25, 0.3) is 0 Å². The Bertz CT molecular complexity index is 762. The van der Waals surface area contributed by atoms with Gasteiger partial charge < -0.3 is 25.4 Å². The predicted molar refractivity (Wildman–Crippen MR) is 105 cm³/mol. The highest BCUT2D eigenvalue weighted by Crippen LogP contribution is 2.28. The van der Waals surface area contributed by atoms with E-state index in [1.54, 1.807) is 45.9 Å². The molecule has 0 aromatic heterocycles. The van der Waals surface area contributed by atoms with E-state index in [-0.39, 0.29) is 5.91 Å². The van der Waals surface area contributed by atoms with E-state index in [1.807, 2.05) is 0 Å². The number of benzene rings is 1. The van der Waals surface area contributed by atoms with Crippen LogP contribution in [0, 0.1) is 0 Å². The molecule has 0 fully saturated rings. The first kappa shape index (κ1) is 21.8. The fraction of sp³-hybridized carbons (Fsp3) is 0.526. The molecule has 1 aromatic rings. The second-order valence-corrected chi connectivity index (χ2v) is 8.08. The molecule has 3 atom stereocenters. The molecule has 1 aliphatic heterocycles. The van der Waals surface area contributed by atoms with Crippen LogP contribution >= 0.6 is 11.6 Å². The highest BCUT2D eigenvalue weighted by atomic mass is 35.5. The summed E-state index contributed by atoms with van der Waals surface area (Å²) >= 11 is 5.99. The van der Waals surface area contributed by atoms with Gasteiger partial charge >= 0.3 is 12.1 Å². The van der Waals surface area contributed by atoms with E-state index in [0.717, 1.165) is 11.3 Å². The molecule has 9 heteroatoms. The smallest absolute Gasteiger partial charge is 0.407 e. The number of amides is 2. The second-order valence-electron chi connectivity index (χ2n) is 7.65. The summed E-state index contributed by atoms with van der Waals surface area (Å²) in [7, 11) is 1.22. The lowest BCUT2D eigenvalue weighted by molar-refractivity contribution is -0.145. The van der Waals surface area contributed by atoms with Crippen molar-refractivity contribution in [1.82, 2.24) is 10.6 Å². The summed E-state index contributed by atoms with van der Waals surface area (Å²) in [5.74, 6) is -1.06. The van der Waals surface area contributed by atoms with E-state index >= 15 is 0 Å². The number of nitrogens with one attached hydrogen (secondary N) is 3. The van der Waals surface area contributed by atoms with Crippen LogP contribution in [0.5, 0.6) is 0 Å². The van der Waals surface area contributed by atoms with Crippen molar-refractivity contribution in [3.8, 4) is 0 Å². The van der Waals surface area contributed by atoms with Crippen LogP contribution < -0.4 is 16.0 Å². The third-order valence-electron chi connectivity index (χ3n) is 4.13. The number of rotatable bonds is 5. The summed E-state index contributed by atoms with van der Waals surface area (Å²) in [6, 6.07) is 2.95. The topological polar surface area (TPSA) is 106 Å². The van der Waals surface area contributed by atoms with Crippen LogP contribution in [-0.2, 0) is 25.5 Å². The normalized spacial score (nSPS) is 17.6. The molecular weight excluding hydrogens is 386 g/mol. The zero-order valence-electron chi connectivity index (χ0n) is 16.6. The van der Waals surface area contributed by atoms with E-state index in [4.69, 9.17) is 21.1 Å². The number of methoxy groups -OCH3 is 1. The van der Waals surface area contributed by atoms with Gasteiger partial charge in [0.05, 0.1) is 13.2 Å². The van der Waals surface area contributed by atoms with E-state index in [2.05, 4.69) is 16.0 Å². The number of carbonyl (C=O) groups is 3. The number of esters is 1. The summed E-state index contributed by atoms with van der Waals surface area (Å²) in [4.78, 5) is 36.8. The zero-order chi connectivity index (χ0) is 21.1. The summed E-state index contributed by atoms with van der Waals surface area (Å²) in [6.45, 7) is 6.77. The molecule has 1 unspecified atom stereocenters. The van der Waals surface area contributed by atoms with Crippen molar-refractivity contribution in [2.45, 2.75) is 57.8 Å². The molecule has 0 aliphatic carbocycles. The highest BCUT2D eigenvalue weighted by Gasteiger charge is 2.34. The molecule has 1 heterocycles. The number of hydrogen-bond acceptors (Lipinski definition) is 6. The third-order valence-corrected chi connectivity index (χ3v) is 4.37. The third kappa shape index (κ3) is 5.76. The number of carbonyl (C=O) groups excluding carboxylic acids is 3. The maximum absolute atomic E-state index is 12.7. The Morgan fingerprint density at radius 3 is 2.54 bits per heavy atom. The lowest BCUT2D eigenvalue weighted by Crippen LogP contribution is -2.57. The number of fused-ring (bicyclic) bond motifs is 1. The Balaban J connectivity index is 2.03. The maximum atomic E-state index is 12.7. The zero-order valence-corrected chi connectivity index (χ0v) is 17.3. The number of halogens is 1. The van der Waals surface area contributed by atoms with Crippen LogP contribution in [0.1, 0.15) is 33.3 Å². The number of ether oxygens (including phenoxy) is 2. The molecule has 154 valence electrons. The maximum Gasteiger partial charge on any atom is 0.407 e. The lowest BCUT2D eigenvalue weighted by atomic mass is 10.1. The van der Waals surface area contributed by atoms with Crippen molar-refractivity contribution in [2.24, 2.45) is 0 Å². The molecule has 1 aliphatic rings. The number of hydrogen-bond donors (Lipinski definition) is 3. The fourth-order valence-electron chi connectivity index (χ4n) is 2.83. The quantitative estimate of drug-likeness (QED) is 0.642. The summed E-state index contributed by atoms with van der Waals surface area (Å²) in [5.41, 5.74) is 1.05. The SMILES string of the molecule is COC(=O)[C@@H](NC(=O)C1Cc2cc(Cl)ccc2N1)[C@@H](C)NC(=O)OC(C)(C)C. The average Bonchev–Trinajstić information content (AvgIpc) is 3.00. The van der Waals surface area contributed by atoms with Gasteiger partial charge in [-0.2, -0.15) is 0 Å². The van der Waals surface area contributed by atoms with Crippen LogP contribution in [-0.4, -0.2) is 48.8 Å². The number of alkyl carbamates (subject to hydrolysis) is 1. The van der Waals surface area contributed by atoms with Gasteiger partial charge in [-0.05, 0) is 51.5 Å². The van der Waals surface area contributed by atoms with Gasteiger partial charge in [-0.25, -0.2) is 9.59 Å². The minimum Gasteiger partial charge on any atom is -0.467 e. The van der Waals surface area contributed by atoms with Crippen molar-refractivity contribution in [1.29, 1.82) is 0 Å². The summed E-state index contributed by atoms with van der Waals surface area (Å²) < 4.78 is 9.96. The fourth-order valence-corrected chi connectivity index (χ4v) is 3.03. The Labute approximate surface area is 169 Å². The molecule has 0 radical (unpaired) electrons. The first-order chi connectivity index (χ1) is 13.0. The van der Waals surface area contributed by atoms with E-state index in [1.165, 1.54) is 7.11 Å². The molecule has 0 saturated heterocycles. The molecule has 1 aromatic carbocycles. The molecular formula is C19H26ClN3O5.